The van der Waals surface area contributed by atoms with Gasteiger partial charge in [-0.2, -0.15) is 0 Å². The molecule has 4 rings (SSSR count). The molecular weight excluding hydrogens is 352 g/mol. The number of nitrogens with two attached hydrogens (primary N) is 1. The van der Waals surface area contributed by atoms with Gasteiger partial charge in [0.15, 0.2) is 5.82 Å². The molecule has 0 aliphatic heterocycles. The highest BCUT2D eigenvalue weighted by atomic mass is 32.2. The van der Waals surface area contributed by atoms with Crippen molar-refractivity contribution in [1.82, 2.24) is 14.8 Å². The molecule has 1 saturated carbocycles. The third-order valence-electron chi connectivity index (χ3n) is 4.14. The van der Waals surface area contributed by atoms with Crippen molar-refractivity contribution in [3.8, 4) is 11.4 Å². The quantitative estimate of drug-likeness (QED) is 0.718. The monoisotopic (exact) mass is 370 g/mol. The first kappa shape index (κ1) is 16.7. The minimum atomic E-state index is -3.72. The molecule has 26 heavy (non-hydrogen) atoms. The molecule has 3 aromatic rings. The Morgan fingerprint density at radius 1 is 1.08 bits per heavy atom. The highest BCUT2D eigenvalue weighted by molar-refractivity contribution is 7.89. The first-order valence-corrected chi connectivity index (χ1v) is 9.82. The highest BCUT2D eigenvalue weighted by Gasteiger charge is 2.30. The second-order valence-electron chi connectivity index (χ2n) is 6.21. The minimum absolute atomic E-state index is 0.0713. The molecule has 0 bridgehead atoms. The zero-order chi connectivity index (χ0) is 18.1. The number of ether oxygens (including phenoxy) is 1. The fraction of sp³-hybridized carbons (Fsp3) is 0.222. The molecule has 2 N–H and O–H groups in total. The molecule has 1 aromatic heterocycles. The van der Waals surface area contributed by atoms with E-state index in [9.17, 15) is 8.42 Å². The van der Waals surface area contributed by atoms with E-state index in [1.54, 1.807) is 16.8 Å². The number of nitrogens with zero attached hydrogens (tertiary/aromatic N) is 3. The van der Waals surface area contributed by atoms with Crippen LogP contribution in [0, 0.1) is 0 Å². The predicted molar refractivity (Wildman–Crippen MR) is 95.5 cm³/mol. The molecule has 0 unspecified atom stereocenters. The maximum Gasteiger partial charge on any atom is 0.238 e. The third kappa shape index (κ3) is 3.61. The van der Waals surface area contributed by atoms with E-state index < -0.39 is 10.0 Å². The van der Waals surface area contributed by atoms with E-state index >= 15 is 0 Å². The third-order valence-corrected chi connectivity index (χ3v) is 5.07. The van der Waals surface area contributed by atoms with Gasteiger partial charge in [0.25, 0.3) is 0 Å². The molecule has 1 fully saturated rings. The molecule has 1 aliphatic carbocycles. The minimum Gasteiger partial charge on any atom is -0.486 e. The van der Waals surface area contributed by atoms with E-state index in [4.69, 9.17) is 9.88 Å². The Labute approximate surface area is 151 Å². The molecule has 134 valence electrons. The molecule has 0 radical (unpaired) electrons. The average molecular weight is 370 g/mol. The van der Waals surface area contributed by atoms with Crippen LogP contribution in [0.3, 0.4) is 0 Å². The van der Waals surface area contributed by atoms with E-state index in [0.29, 0.717) is 11.7 Å². The molecule has 2 aromatic carbocycles. The van der Waals surface area contributed by atoms with Gasteiger partial charge in [-0.3, -0.25) is 0 Å². The zero-order valence-corrected chi connectivity index (χ0v) is 14.8. The van der Waals surface area contributed by atoms with Crippen LogP contribution in [0.2, 0.25) is 0 Å². The van der Waals surface area contributed by atoms with Crippen LogP contribution in [0.1, 0.15) is 30.4 Å². The first-order valence-electron chi connectivity index (χ1n) is 8.27. The lowest BCUT2D eigenvalue weighted by Crippen LogP contribution is -2.12. The highest BCUT2D eigenvalue weighted by Crippen LogP contribution is 2.39. The zero-order valence-electron chi connectivity index (χ0n) is 13.9. The number of aromatic nitrogens is 3. The van der Waals surface area contributed by atoms with Crippen molar-refractivity contribution in [3.05, 3.63) is 66.2 Å². The molecule has 0 saturated heterocycles. The summed E-state index contributed by atoms with van der Waals surface area (Å²) < 4.78 is 30.3. The van der Waals surface area contributed by atoms with Gasteiger partial charge in [0.05, 0.1) is 10.6 Å². The summed E-state index contributed by atoms with van der Waals surface area (Å²) in [4.78, 5) is 4.69. The SMILES string of the molecule is NS(=O)(=O)c1ccc(-n2nc(COc3ccccc3)nc2C2CC2)cc1. The Hall–Kier alpha value is -2.71. The van der Waals surface area contributed by atoms with Gasteiger partial charge in [-0.1, -0.05) is 18.2 Å². The Bertz CT molecular complexity index is 1010. The molecule has 0 amide bonds. The van der Waals surface area contributed by atoms with E-state index in [2.05, 4.69) is 10.1 Å². The van der Waals surface area contributed by atoms with Crippen molar-refractivity contribution in [2.75, 3.05) is 0 Å². The number of primary sulfonamides is 1. The number of sulfonamides is 1. The van der Waals surface area contributed by atoms with Crippen LogP contribution < -0.4 is 9.88 Å². The molecule has 0 atom stereocenters. The number of rotatable bonds is 6. The van der Waals surface area contributed by atoms with Gasteiger partial charge in [-0.05, 0) is 49.2 Å². The number of hydrogen-bond acceptors (Lipinski definition) is 5. The van der Waals surface area contributed by atoms with Crippen LogP contribution in [-0.4, -0.2) is 23.2 Å². The maximum absolute atomic E-state index is 11.4. The van der Waals surface area contributed by atoms with Gasteiger partial charge in [0.2, 0.25) is 10.0 Å². The van der Waals surface area contributed by atoms with E-state index in [0.717, 1.165) is 30.1 Å². The Balaban J connectivity index is 1.60. The predicted octanol–water partition coefficient (Wildman–Crippen LogP) is 2.37. The van der Waals surface area contributed by atoms with Crippen molar-refractivity contribution in [1.29, 1.82) is 0 Å². The van der Waals surface area contributed by atoms with Crippen molar-refractivity contribution in [2.24, 2.45) is 5.14 Å². The molecule has 8 heteroatoms. The Morgan fingerprint density at radius 2 is 1.77 bits per heavy atom. The first-order chi connectivity index (χ1) is 12.5. The summed E-state index contributed by atoms with van der Waals surface area (Å²) in [6.07, 6.45) is 2.15. The second-order valence-corrected chi connectivity index (χ2v) is 7.77. The number of para-hydroxylation sites is 1. The van der Waals surface area contributed by atoms with E-state index in [1.165, 1.54) is 12.1 Å². The van der Waals surface area contributed by atoms with Crippen LogP contribution in [0.5, 0.6) is 5.75 Å². The smallest absolute Gasteiger partial charge is 0.238 e. The summed E-state index contributed by atoms with van der Waals surface area (Å²) in [7, 11) is -3.72. The normalized spacial score (nSPS) is 14.3. The van der Waals surface area contributed by atoms with Gasteiger partial charge in [0.1, 0.15) is 18.2 Å². The average Bonchev–Trinajstić information content (AvgIpc) is 3.40. The maximum atomic E-state index is 11.4. The number of benzene rings is 2. The fourth-order valence-electron chi connectivity index (χ4n) is 2.67. The van der Waals surface area contributed by atoms with Crippen molar-refractivity contribution < 1.29 is 13.2 Å². The van der Waals surface area contributed by atoms with Gasteiger partial charge in [0, 0.05) is 5.92 Å². The topological polar surface area (TPSA) is 100 Å². The van der Waals surface area contributed by atoms with Gasteiger partial charge in [-0.25, -0.2) is 23.2 Å². The fourth-order valence-corrected chi connectivity index (χ4v) is 3.18. The van der Waals surface area contributed by atoms with Gasteiger partial charge in [-0.15, -0.1) is 5.10 Å². The van der Waals surface area contributed by atoms with E-state index in [1.807, 2.05) is 30.3 Å². The Kier molecular flexibility index (Phi) is 4.21. The van der Waals surface area contributed by atoms with Crippen LogP contribution in [0.25, 0.3) is 5.69 Å². The summed E-state index contributed by atoms with van der Waals surface area (Å²) in [5.74, 6) is 2.60. The number of hydrogen-bond donors (Lipinski definition) is 1. The molecule has 1 aliphatic rings. The second kappa shape index (κ2) is 6.54. The lowest BCUT2D eigenvalue weighted by atomic mass is 10.3. The van der Waals surface area contributed by atoms with Crippen LogP contribution >= 0.6 is 0 Å². The molecular formula is C18H18N4O3S. The standard InChI is InChI=1S/C18H18N4O3S/c19-26(23,24)16-10-8-14(9-11-16)22-18(13-6-7-13)20-17(21-22)12-25-15-4-2-1-3-5-15/h1-5,8-11,13H,6-7,12H2,(H2,19,23,24). The van der Waals surface area contributed by atoms with Crippen LogP contribution in [-0.2, 0) is 16.6 Å². The lowest BCUT2D eigenvalue weighted by molar-refractivity contribution is 0.296. The lowest BCUT2D eigenvalue weighted by Gasteiger charge is -2.06. The summed E-state index contributed by atoms with van der Waals surface area (Å²) >= 11 is 0. The molecule has 0 spiro atoms. The van der Waals surface area contributed by atoms with Crippen LogP contribution in [0.15, 0.2) is 59.5 Å². The van der Waals surface area contributed by atoms with Crippen molar-refractivity contribution in [2.45, 2.75) is 30.3 Å². The summed E-state index contributed by atoms with van der Waals surface area (Å²) in [5.41, 5.74) is 0.748. The van der Waals surface area contributed by atoms with Crippen LogP contribution in [0.4, 0.5) is 0 Å². The molecule has 7 nitrogen and oxygen atoms in total. The Morgan fingerprint density at radius 3 is 2.38 bits per heavy atom. The van der Waals surface area contributed by atoms with E-state index in [-0.39, 0.29) is 11.5 Å². The summed E-state index contributed by atoms with van der Waals surface area (Å²) in [5, 5.41) is 9.70. The summed E-state index contributed by atoms with van der Waals surface area (Å²) in [6, 6.07) is 15.8. The largest absolute Gasteiger partial charge is 0.486 e. The van der Waals surface area contributed by atoms with Crippen molar-refractivity contribution in [3.63, 3.8) is 0 Å². The van der Waals surface area contributed by atoms with Gasteiger partial charge < -0.3 is 4.74 Å². The molecule has 1 heterocycles. The van der Waals surface area contributed by atoms with Gasteiger partial charge >= 0.3 is 0 Å². The van der Waals surface area contributed by atoms with Crippen molar-refractivity contribution >= 4 is 10.0 Å². The summed E-state index contributed by atoms with van der Waals surface area (Å²) in [6.45, 7) is 0.270.